The Hall–Kier alpha value is -3.36. The van der Waals surface area contributed by atoms with Crippen LogP contribution in [0.5, 0.6) is 0 Å². The summed E-state index contributed by atoms with van der Waals surface area (Å²) in [6.07, 6.45) is -4.62. The van der Waals surface area contributed by atoms with Crippen LogP contribution in [0.25, 0.3) is 0 Å². The summed E-state index contributed by atoms with van der Waals surface area (Å²) in [6, 6.07) is 15.3. The van der Waals surface area contributed by atoms with Gasteiger partial charge in [0.15, 0.2) is 5.71 Å². The van der Waals surface area contributed by atoms with Gasteiger partial charge in [0.2, 0.25) is 0 Å². The molecular formula is C23H13Cl2F3N2O3. The largest absolute Gasteiger partial charge is 0.416 e. The predicted molar refractivity (Wildman–Crippen MR) is 117 cm³/mol. The summed E-state index contributed by atoms with van der Waals surface area (Å²) in [5.41, 5.74) is 0.0462. The number of para-hydroxylation sites is 1. The molecule has 168 valence electrons. The summed E-state index contributed by atoms with van der Waals surface area (Å²) >= 11 is 12.2. The zero-order chi connectivity index (χ0) is 23.8. The Morgan fingerprint density at radius 2 is 1.76 bits per heavy atom. The molecule has 0 fully saturated rings. The number of carbonyl (C=O) groups is 2. The van der Waals surface area contributed by atoms with E-state index in [4.69, 9.17) is 28.0 Å². The Balaban J connectivity index is 1.61. The number of fused-ring (bicyclic) bond motifs is 1. The van der Waals surface area contributed by atoms with Crippen molar-refractivity contribution in [3.63, 3.8) is 0 Å². The van der Waals surface area contributed by atoms with Crippen LogP contribution in [0, 0.1) is 0 Å². The van der Waals surface area contributed by atoms with E-state index in [1.54, 1.807) is 42.5 Å². The maximum absolute atomic E-state index is 13.1. The van der Waals surface area contributed by atoms with Gasteiger partial charge in [-0.25, -0.2) is 4.79 Å². The number of benzene rings is 3. The number of hydrogen-bond acceptors (Lipinski definition) is 4. The Labute approximate surface area is 196 Å². The molecule has 4 rings (SSSR count). The van der Waals surface area contributed by atoms with Crippen LogP contribution in [0.3, 0.4) is 0 Å². The van der Waals surface area contributed by atoms with E-state index in [-0.39, 0.29) is 17.8 Å². The molecule has 0 saturated carbocycles. The highest BCUT2D eigenvalue weighted by Crippen LogP contribution is 2.33. The van der Waals surface area contributed by atoms with Crippen molar-refractivity contribution in [2.45, 2.75) is 12.7 Å². The molecule has 3 aromatic rings. The average Bonchev–Trinajstić information content (AvgIpc) is 3.04. The van der Waals surface area contributed by atoms with Crippen molar-refractivity contribution in [3.8, 4) is 0 Å². The number of rotatable bonds is 4. The third-order valence-electron chi connectivity index (χ3n) is 4.89. The zero-order valence-corrected chi connectivity index (χ0v) is 18.1. The van der Waals surface area contributed by atoms with E-state index in [1.807, 2.05) is 0 Å². The molecule has 0 N–H and O–H groups in total. The third kappa shape index (κ3) is 4.72. The van der Waals surface area contributed by atoms with Gasteiger partial charge in [0.25, 0.3) is 5.91 Å². The maximum atomic E-state index is 13.1. The van der Waals surface area contributed by atoms with Crippen molar-refractivity contribution in [1.29, 1.82) is 0 Å². The van der Waals surface area contributed by atoms with E-state index in [9.17, 15) is 22.8 Å². The lowest BCUT2D eigenvalue weighted by atomic mass is 10.1. The highest BCUT2D eigenvalue weighted by molar-refractivity contribution is 6.54. The number of amides is 1. The SMILES string of the molecule is O=C(O/N=C1/C(=O)N(Cc2ccc(Cl)cc2Cl)c2ccccc21)c1cccc(C(F)(F)F)c1. The minimum Gasteiger partial charge on any atom is -0.312 e. The molecule has 1 aliphatic heterocycles. The summed E-state index contributed by atoms with van der Waals surface area (Å²) < 4.78 is 38.7. The monoisotopic (exact) mass is 492 g/mol. The second-order valence-corrected chi connectivity index (χ2v) is 7.89. The molecule has 0 unspecified atom stereocenters. The van der Waals surface area contributed by atoms with Crippen LogP contribution in [0.2, 0.25) is 10.0 Å². The molecule has 0 aliphatic carbocycles. The van der Waals surface area contributed by atoms with Crippen LogP contribution in [0.4, 0.5) is 18.9 Å². The first kappa shape index (κ1) is 22.8. The van der Waals surface area contributed by atoms with Gasteiger partial charge < -0.3 is 9.74 Å². The minimum absolute atomic E-state index is 0.104. The maximum Gasteiger partial charge on any atom is 0.416 e. The van der Waals surface area contributed by atoms with Gasteiger partial charge in [-0.2, -0.15) is 13.2 Å². The molecule has 0 atom stereocenters. The van der Waals surface area contributed by atoms with Gasteiger partial charge in [0.05, 0.1) is 23.4 Å². The fourth-order valence-corrected chi connectivity index (χ4v) is 3.76. The molecule has 1 aliphatic rings. The summed E-state index contributed by atoms with van der Waals surface area (Å²) in [5, 5.41) is 4.50. The quantitative estimate of drug-likeness (QED) is 0.325. The Kier molecular flexibility index (Phi) is 6.14. The fourth-order valence-electron chi connectivity index (χ4n) is 3.29. The molecule has 0 aromatic heterocycles. The van der Waals surface area contributed by atoms with Crippen molar-refractivity contribution < 1.29 is 27.6 Å². The van der Waals surface area contributed by atoms with Gasteiger partial charge >= 0.3 is 12.1 Å². The van der Waals surface area contributed by atoms with E-state index >= 15 is 0 Å². The Morgan fingerprint density at radius 1 is 1.00 bits per heavy atom. The number of carbonyl (C=O) groups excluding carboxylic acids is 2. The van der Waals surface area contributed by atoms with Gasteiger partial charge in [0, 0.05) is 15.6 Å². The normalized spacial score (nSPS) is 14.5. The van der Waals surface area contributed by atoms with Crippen molar-refractivity contribution in [2.75, 3.05) is 4.90 Å². The molecule has 0 spiro atoms. The Morgan fingerprint density at radius 3 is 2.48 bits per heavy atom. The zero-order valence-electron chi connectivity index (χ0n) is 16.6. The van der Waals surface area contributed by atoms with Crippen LogP contribution in [0.1, 0.15) is 27.0 Å². The summed E-state index contributed by atoms with van der Waals surface area (Å²) in [6.45, 7) is 0.104. The minimum atomic E-state index is -4.62. The molecule has 5 nitrogen and oxygen atoms in total. The lowest BCUT2D eigenvalue weighted by molar-refractivity contribution is -0.137. The summed E-state index contributed by atoms with van der Waals surface area (Å²) in [5.74, 6) is -1.68. The highest BCUT2D eigenvalue weighted by Gasteiger charge is 2.35. The summed E-state index contributed by atoms with van der Waals surface area (Å²) in [7, 11) is 0. The predicted octanol–water partition coefficient (Wildman–Crippen LogP) is 6.12. The number of alkyl halides is 3. The number of oxime groups is 1. The topological polar surface area (TPSA) is 59.0 Å². The molecule has 0 saturated heterocycles. The van der Waals surface area contributed by atoms with Gasteiger partial charge in [0.1, 0.15) is 0 Å². The molecular weight excluding hydrogens is 480 g/mol. The molecule has 3 aromatic carbocycles. The van der Waals surface area contributed by atoms with Crippen LogP contribution in [-0.2, 0) is 22.4 Å². The van der Waals surface area contributed by atoms with E-state index in [0.717, 1.165) is 18.2 Å². The van der Waals surface area contributed by atoms with Crippen LogP contribution in [-0.4, -0.2) is 17.6 Å². The van der Waals surface area contributed by atoms with Gasteiger partial charge in [-0.15, -0.1) is 0 Å². The second kappa shape index (κ2) is 8.88. The molecule has 1 heterocycles. The van der Waals surface area contributed by atoms with Crippen LogP contribution >= 0.6 is 23.2 Å². The average molecular weight is 493 g/mol. The molecule has 1 amide bonds. The second-order valence-electron chi connectivity index (χ2n) is 7.04. The van der Waals surface area contributed by atoms with Gasteiger partial charge in [-0.1, -0.05) is 58.7 Å². The number of nitrogens with zero attached hydrogens (tertiary/aromatic N) is 2. The molecule has 0 radical (unpaired) electrons. The van der Waals surface area contributed by atoms with Crippen LogP contribution < -0.4 is 4.90 Å². The fraction of sp³-hybridized carbons (Fsp3) is 0.0870. The van der Waals surface area contributed by atoms with E-state index in [2.05, 4.69) is 5.16 Å². The first-order valence-corrected chi connectivity index (χ1v) is 10.2. The number of anilines is 1. The highest BCUT2D eigenvalue weighted by atomic mass is 35.5. The smallest absolute Gasteiger partial charge is 0.312 e. The van der Waals surface area contributed by atoms with E-state index in [1.165, 1.54) is 4.90 Å². The van der Waals surface area contributed by atoms with Crippen molar-refractivity contribution in [3.05, 3.63) is 99.0 Å². The molecule has 33 heavy (non-hydrogen) atoms. The van der Waals surface area contributed by atoms with Crippen LogP contribution in [0.15, 0.2) is 71.9 Å². The van der Waals surface area contributed by atoms with Crippen molar-refractivity contribution >= 4 is 46.5 Å². The lowest BCUT2D eigenvalue weighted by Gasteiger charge is -2.17. The van der Waals surface area contributed by atoms with Gasteiger partial charge in [-0.05, 0) is 42.0 Å². The summed E-state index contributed by atoms with van der Waals surface area (Å²) in [4.78, 5) is 31.6. The molecule has 10 heteroatoms. The first-order chi connectivity index (χ1) is 15.6. The first-order valence-electron chi connectivity index (χ1n) is 9.47. The van der Waals surface area contributed by atoms with Crippen molar-refractivity contribution in [2.24, 2.45) is 5.16 Å². The standard InChI is InChI=1S/C23H13Cl2F3N2O3/c24-16-9-8-14(18(25)11-16)12-30-19-7-2-1-6-17(19)20(21(30)31)29-33-22(32)13-4-3-5-15(10-13)23(26,27)28/h1-11H,12H2/b29-20+. The van der Waals surface area contributed by atoms with Crippen molar-refractivity contribution in [1.82, 2.24) is 0 Å². The third-order valence-corrected chi connectivity index (χ3v) is 5.47. The lowest BCUT2D eigenvalue weighted by Crippen LogP contribution is -2.30. The van der Waals surface area contributed by atoms with E-state index < -0.39 is 23.6 Å². The number of halogens is 5. The van der Waals surface area contributed by atoms with Gasteiger partial charge in [-0.3, -0.25) is 4.79 Å². The van der Waals surface area contributed by atoms with E-state index in [0.29, 0.717) is 32.9 Å². The Bertz CT molecular complexity index is 1290. The number of hydrogen-bond donors (Lipinski definition) is 0. The molecule has 0 bridgehead atoms.